The number of hydroxylamine groups is 1. The highest BCUT2D eigenvalue weighted by atomic mass is 19.4. The predicted molar refractivity (Wildman–Crippen MR) is 139 cm³/mol. The summed E-state index contributed by atoms with van der Waals surface area (Å²) in [7, 11) is 1.60. The standard InChI is InChI=1S/C28H32F3N3O5/c1-37-33-25(20-5-3-2-4-6-20)23-12-9-21-13-14-34(26(21)32-23)15-16-38-22-10-7-19(8-11-22)17-24(27(35)36)39-18-28(29,30)31/h7-14,24,33H,2-6,15-18H2,1H3,(H,35,36). The van der Waals surface area contributed by atoms with Gasteiger partial charge in [0.1, 0.15) is 24.6 Å². The Kier molecular flexibility index (Phi) is 9.47. The van der Waals surface area contributed by atoms with Crippen LogP contribution >= 0.6 is 0 Å². The van der Waals surface area contributed by atoms with Gasteiger partial charge in [-0.25, -0.2) is 9.78 Å². The quantitative estimate of drug-likeness (QED) is 0.289. The maximum absolute atomic E-state index is 12.4. The first-order valence-corrected chi connectivity index (χ1v) is 12.8. The second-order valence-corrected chi connectivity index (χ2v) is 9.41. The number of nitrogens with zero attached hydrogens (tertiary/aromatic N) is 2. The lowest BCUT2D eigenvalue weighted by molar-refractivity contribution is -0.192. The topological polar surface area (TPSA) is 94.8 Å². The van der Waals surface area contributed by atoms with Crippen LogP contribution in [0.1, 0.15) is 43.4 Å². The number of nitrogens with one attached hydrogen (secondary N) is 1. The van der Waals surface area contributed by atoms with Crippen LogP contribution in [0.3, 0.4) is 0 Å². The van der Waals surface area contributed by atoms with Crippen molar-refractivity contribution in [2.75, 3.05) is 20.3 Å². The van der Waals surface area contributed by atoms with Gasteiger partial charge in [-0.05, 0) is 67.2 Å². The molecule has 0 bridgehead atoms. The van der Waals surface area contributed by atoms with Gasteiger partial charge < -0.3 is 19.1 Å². The van der Waals surface area contributed by atoms with Gasteiger partial charge in [-0.15, -0.1) is 0 Å². The van der Waals surface area contributed by atoms with E-state index in [0.29, 0.717) is 24.5 Å². The number of fused-ring (bicyclic) bond motifs is 1. The molecule has 3 aromatic rings. The minimum Gasteiger partial charge on any atom is -0.492 e. The van der Waals surface area contributed by atoms with Crippen molar-refractivity contribution in [1.29, 1.82) is 0 Å². The number of carboxylic acid groups (broad SMARTS) is 1. The number of rotatable bonds is 12. The molecule has 2 N–H and O–H groups in total. The van der Waals surface area contributed by atoms with Crippen LogP contribution in [0.4, 0.5) is 13.2 Å². The molecule has 0 saturated heterocycles. The Morgan fingerprint density at radius 2 is 1.85 bits per heavy atom. The number of carbonyl (C=O) groups is 1. The van der Waals surface area contributed by atoms with Crippen molar-refractivity contribution in [2.45, 2.75) is 57.3 Å². The first-order valence-electron chi connectivity index (χ1n) is 12.8. The molecule has 2 heterocycles. The fraction of sp³-hybridized carbons (Fsp3) is 0.429. The average molecular weight is 548 g/mol. The third kappa shape index (κ3) is 7.96. The first kappa shape index (κ1) is 28.4. The van der Waals surface area contributed by atoms with Crippen molar-refractivity contribution in [3.63, 3.8) is 0 Å². The van der Waals surface area contributed by atoms with Crippen LogP contribution in [0.2, 0.25) is 0 Å². The number of halogens is 3. The number of aliphatic carboxylic acids is 1. The molecular weight excluding hydrogens is 515 g/mol. The molecule has 1 aliphatic rings. The van der Waals surface area contributed by atoms with E-state index in [1.54, 1.807) is 31.4 Å². The number of alkyl halides is 3. The molecule has 4 rings (SSSR count). The molecule has 1 unspecified atom stereocenters. The first-order chi connectivity index (χ1) is 18.7. The van der Waals surface area contributed by atoms with E-state index in [0.717, 1.165) is 48.1 Å². The summed E-state index contributed by atoms with van der Waals surface area (Å²) in [5.41, 5.74) is 7.47. The van der Waals surface area contributed by atoms with Crippen molar-refractivity contribution in [3.05, 3.63) is 65.5 Å². The molecule has 2 aromatic heterocycles. The summed E-state index contributed by atoms with van der Waals surface area (Å²) in [5.74, 6) is -0.893. The van der Waals surface area contributed by atoms with E-state index in [9.17, 15) is 23.1 Å². The molecule has 0 spiro atoms. The molecule has 1 atom stereocenters. The Labute approximate surface area is 224 Å². The van der Waals surface area contributed by atoms with E-state index in [4.69, 9.17) is 14.6 Å². The number of ether oxygens (including phenoxy) is 2. The molecule has 1 fully saturated rings. The van der Waals surface area contributed by atoms with Crippen molar-refractivity contribution < 1.29 is 37.4 Å². The summed E-state index contributed by atoms with van der Waals surface area (Å²) >= 11 is 0. The van der Waals surface area contributed by atoms with Crippen LogP contribution in [0.25, 0.3) is 16.7 Å². The highest BCUT2D eigenvalue weighted by Crippen LogP contribution is 2.29. The van der Waals surface area contributed by atoms with E-state index < -0.39 is 24.9 Å². The summed E-state index contributed by atoms with van der Waals surface area (Å²) in [6.45, 7) is -0.722. The van der Waals surface area contributed by atoms with E-state index in [1.165, 1.54) is 12.0 Å². The van der Waals surface area contributed by atoms with Crippen LogP contribution < -0.4 is 10.2 Å². The average Bonchev–Trinajstić information content (AvgIpc) is 3.32. The normalized spacial score (nSPS) is 14.8. The SMILES string of the molecule is CONC(=C1CCCCC1)c1ccc2ccn(CCOc3ccc(CC(OCC(F)(F)F)C(=O)O)cc3)c2n1. The van der Waals surface area contributed by atoms with Gasteiger partial charge in [-0.2, -0.15) is 13.2 Å². The number of allylic oxidation sites excluding steroid dienone is 1. The van der Waals surface area contributed by atoms with Crippen molar-refractivity contribution in [3.8, 4) is 5.75 Å². The Balaban J connectivity index is 1.38. The van der Waals surface area contributed by atoms with Gasteiger partial charge >= 0.3 is 12.1 Å². The molecule has 0 radical (unpaired) electrons. The van der Waals surface area contributed by atoms with E-state index in [-0.39, 0.29) is 6.42 Å². The van der Waals surface area contributed by atoms with Gasteiger partial charge in [-0.3, -0.25) is 10.3 Å². The molecule has 1 saturated carbocycles. The van der Waals surface area contributed by atoms with Gasteiger partial charge in [0.15, 0.2) is 6.10 Å². The summed E-state index contributed by atoms with van der Waals surface area (Å²) in [6.07, 6.45) is 1.19. The van der Waals surface area contributed by atoms with Crippen molar-refractivity contribution in [2.24, 2.45) is 0 Å². The largest absolute Gasteiger partial charge is 0.492 e. The minimum atomic E-state index is -4.59. The number of pyridine rings is 1. The van der Waals surface area contributed by atoms with Crippen molar-refractivity contribution >= 4 is 22.7 Å². The molecule has 11 heteroatoms. The van der Waals surface area contributed by atoms with E-state index in [2.05, 4.69) is 10.2 Å². The van der Waals surface area contributed by atoms with Crippen LogP contribution in [-0.4, -0.2) is 53.2 Å². The molecule has 1 aromatic carbocycles. The number of carboxylic acids is 1. The fourth-order valence-corrected chi connectivity index (χ4v) is 4.63. The third-order valence-corrected chi connectivity index (χ3v) is 6.55. The van der Waals surface area contributed by atoms with Gasteiger partial charge in [0, 0.05) is 18.0 Å². The smallest absolute Gasteiger partial charge is 0.411 e. The Morgan fingerprint density at radius 1 is 1.10 bits per heavy atom. The molecule has 39 heavy (non-hydrogen) atoms. The molecule has 1 aliphatic carbocycles. The van der Waals surface area contributed by atoms with E-state index >= 15 is 0 Å². The van der Waals surface area contributed by atoms with Gasteiger partial charge in [-0.1, -0.05) is 18.6 Å². The Hall–Kier alpha value is -3.57. The van der Waals surface area contributed by atoms with Crippen LogP contribution in [0.15, 0.2) is 54.2 Å². The van der Waals surface area contributed by atoms with E-state index in [1.807, 2.05) is 29.0 Å². The van der Waals surface area contributed by atoms with Crippen LogP contribution in [0, 0.1) is 0 Å². The van der Waals surface area contributed by atoms with Crippen molar-refractivity contribution in [1.82, 2.24) is 15.0 Å². The zero-order chi connectivity index (χ0) is 27.8. The Bertz CT molecular complexity index is 1280. The predicted octanol–water partition coefficient (Wildman–Crippen LogP) is 5.52. The lowest BCUT2D eigenvalue weighted by Crippen LogP contribution is -2.31. The lowest BCUT2D eigenvalue weighted by Gasteiger charge is -2.19. The summed E-state index contributed by atoms with van der Waals surface area (Å²) in [5, 5.41) is 10.2. The molecule has 0 amide bonds. The lowest BCUT2D eigenvalue weighted by atomic mass is 9.92. The second kappa shape index (κ2) is 13.0. The highest BCUT2D eigenvalue weighted by Gasteiger charge is 2.31. The second-order valence-electron chi connectivity index (χ2n) is 9.41. The summed E-state index contributed by atoms with van der Waals surface area (Å²) in [4.78, 5) is 21.4. The zero-order valence-corrected chi connectivity index (χ0v) is 21.7. The monoisotopic (exact) mass is 547 g/mol. The minimum absolute atomic E-state index is 0.189. The number of hydrogen-bond donors (Lipinski definition) is 2. The fourth-order valence-electron chi connectivity index (χ4n) is 4.63. The number of aromatic nitrogens is 2. The summed E-state index contributed by atoms with van der Waals surface area (Å²) in [6, 6.07) is 12.6. The van der Waals surface area contributed by atoms with Gasteiger partial charge in [0.2, 0.25) is 0 Å². The molecular formula is C28H32F3N3O5. The van der Waals surface area contributed by atoms with Crippen LogP contribution in [-0.2, 0) is 27.3 Å². The van der Waals surface area contributed by atoms with Crippen LogP contribution in [0.5, 0.6) is 5.75 Å². The molecule has 0 aliphatic heterocycles. The third-order valence-electron chi connectivity index (χ3n) is 6.55. The number of benzene rings is 1. The number of hydrogen-bond acceptors (Lipinski definition) is 6. The Morgan fingerprint density at radius 3 is 2.51 bits per heavy atom. The zero-order valence-electron chi connectivity index (χ0n) is 21.7. The maximum atomic E-state index is 12.4. The highest BCUT2D eigenvalue weighted by molar-refractivity contribution is 5.79. The maximum Gasteiger partial charge on any atom is 0.411 e. The summed E-state index contributed by atoms with van der Waals surface area (Å²) < 4.78 is 49.6. The molecule has 8 nitrogen and oxygen atoms in total. The van der Waals surface area contributed by atoms with Gasteiger partial charge in [0.25, 0.3) is 0 Å². The van der Waals surface area contributed by atoms with Gasteiger partial charge in [0.05, 0.1) is 25.0 Å². The molecule has 210 valence electrons.